The highest BCUT2D eigenvalue weighted by atomic mass is 16.5. The number of aryl methyl sites for hydroxylation is 2. The Bertz CT molecular complexity index is 1080. The SMILES string of the molecule is Cc1nc(C(NC(=O)CCc2nc(-c3cccnc3)no2)c2ccccc2)n[nH]1. The van der Waals surface area contributed by atoms with E-state index < -0.39 is 6.04 Å². The second-order valence-electron chi connectivity index (χ2n) is 6.44. The number of H-pyrrole nitrogens is 1. The Kier molecular flexibility index (Phi) is 5.37. The molecule has 146 valence electrons. The molecule has 1 aromatic carbocycles. The van der Waals surface area contributed by atoms with Crippen molar-refractivity contribution in [2.45, 2.75) is 25.8 Å². The van der Waals surface area contributed by atoms with Crippen LogP contribution in [-0.4, -0.2) is 36.2 Å². The predicted molar refractivity (Wildman–Crippen MR) is 103 cm³/mol. The predicted octanol–water partition coefficient (Wildman–Crippen LogP) is 2.40. The zero-order valence-corrected chi connectivity index (χ0v) is 15.7. The Morgan fingerprint density at radius 1 is 1.17 bits per heavy atom. The van der Waals surface area contributed by atoms with Gasteiger partial charge in [0.1, 0.15) is 11.9 Å². The van der Waals surface area contributed by atoms with Crippen LogP contribution in [0.3, 0.4) is 0 Å². The highest BCUT2D eigenvalue weighted by Crippen LogP contribution is 2.19. The maximum atomic E-state index is 12.6. The van der Waals surface area contributed by atoms with E-state index in [1.165, 1.54) is 0 Å². The minimum atomic E-state index is -0.442. The number of aromatic amines is 1. The number of nitrogens with one attached hydrogen (secondary N) is 2. The van der Waals surface area contributed by atoms with Crippen molar-refractivity contribution < 1.29 is 9.32 Å². The summed E-state index contributed by atoms with van der Waals surface area (Å²) in [6, 6.07) is 12.8. The van der Waals surface area contributed by atoms with Gasteiger partial charge in [-0.3, -0.25) is 14.9 Å². The average Bonchev–Trinajstić information content (AvgIpc) is 3.41. The molecule has 0 saturated carbocycles. The maximum Gasteiger partial charge on any atom is 0.227 e. The molecule has 1 unspecified atom stereocenters. The summed E-state index contributed by atoms with van der Waals surface area (Å²) in [6.45, 7) is 1.82. The number of amides is 1. The molecule has 0 radical (unpaired) electrons. The van der Waals surface area contributed by atoms with E-state index in [4.69, 9.17) is 4.52 Å². The molecule has 9 heteroatoms. The number of rotatable bonds is 7. The Hall–Kier alpha value is -3.88. The van der Waals surface area contributed by atoms with Gasteiger partial charge < -0.3 is 9.84 Å². The molecule has 29 heavy (non-hydrogen) atoms. The first-order valence-electron chi connectivity index (χ1n) is 9.15. The minimum Gasteiger partial charge on any atom is -0.342 e. The molecule has 0 aliphatic heterocycles. The van der Waals surface area contributed by atoms with Crippen molar-refractivity contribution in [3.63, 3.8) is 0 Å². The van der Waals surface area contributed by atoms with E-state index in [-0.39, 0.29) is 12.3 Å². The van der Waals surface area contributed by atoms with Crippen molar-refractivity contribution in [1.82, 2.24) is 35.6 Å². The van der Waals surface area contributed by atoms with Gasteiger partial charge in [-0.15, -0.1) is 0 Å². The summed E-state index contributed by atoms with van der Waals surface area (Å²) >= 11 is 0. The third-order valence-electron chi connectivity index (χ3n) is 4.26. The van der Waals surface area contributed by atoms with Gasteiger partial charge in [0, 0.05) is 30.8 Å². The first-order valence-corrected chi connectivity index (χ1v) is 9.15. The van der Waals surface area contributed by atoms with E-state index in [9.17, 15) is 4.79 Å². The molecule has 2 N–H and O–H groups in total. The van der Waals surface area contributed by atoms with Gasteiger partial charge in [-0.25, -0.2) is 4.98 Å². The van der Waals surface area contributed by atoms with Gasteiger partial charge in [0.15, 0.2) is 5.82 Å². The molecular formula is C20H19N7O2. The zero-order valence-electron chi connectivity index (χ0n) is 15.7. The van der Waals surface area contributed by atoms with Crippen molar-refractivity contribution in [2.75, 3.05) is 0 Å². The molecule has 1 amide bonds. The van der Waals surface area contributed by atoms with E-state index in [1.54, 1.807) is 18.5 Å². The Balaban J connectivity index is 1.42. The summed E-state index contributed by atoms with van der Waals surface area (Å²) in [7, 11) is 0. The van der Waals surface area contributed by atoms with E-state index in [2.05, 4.69) is 35.6 Å². The van der Waals surface area contributed by atoms with Gasteiger partial charge in [0.25, 0.3) is 0 Å². The van der Waals surface area contributed by atoms with E-state index in [0.29, 0.717) is 29.8 Å². The second kappa shape index (κ2) is 8.42. The smallest absolute Gasteiger partial charge is 0.227 e. The maximum absolute atomic E-state index is 12.6. The molecule has 1 atom stereocenters. The third-order valence-corrected chi connectivity index (χ3v) is 4.26. The summed E-state index contributed by atoms with van der Waals surface area (Å²) in [5.41, 5.74) is 1.66. The molecule has 0 bridgehead atoms. The van der Waals surface area contributed by atoms with Crippen LogP contribution in [0.4, 0.5) is 0 Å². The Labute approximate surface area is 166 Å². The summed E-state index contributed by atoms with van der Waals surface area (Å²) in [4.78, 5) is 25.3. The normalized spacial score (nSPS) is 11.9. The van der Waals surface area contributed by atoms with E-state index in [1.807, 2.05) is 43.3 Å². The van der Waals surface area contributed by atoms with Crippen molar-refractivity contribution in [3.05, 3.63) is 78.0 Å². The number of hydrogen-bond donors (Lipinski definition) is 2. The number of pyridine rings is 1. The molecule has 9 nitrogen and oxygen atoms in total. The Morgan fingerprint density at radius 3 is 2.76 bits per heavy atom. The van der Waals surface area contributed by atoms with Gasteiger partial charge in [-0.2, -0.15) is 10.1 Å². The fourth-order valence-corrected chi connectivity index (χ4v) is 2.85. The number of carbonyl (C=O) groups is 1. The van der Waals surface area contributed by atoms with Gasteiger partial charge in [0.2, 0.25) is 17.6 Å². The molecule has 0 fully saturated rings. The second-order valence-corrected chi connectivity index (χ2v) is 6.44. The molecule has 0 aliphatic carbocycles. The van der Waals surface area contributed by atoms with Crippen LogP contribution in [0.2, 0.25) is 0 Å². The number of carbonyl (C=O) groups excluding carboxylic acids is 1. The van der Waals surface area contributed by atoms with Crippen LogP contribution in [0.15, 0.2) is 59.4 Å². The number of benzene rings is 1. The summed E-state index contributed by atoms with van der Waals surface area (Å²) in [5.74, 6) is 1.88. The fourth-order valence-electron chi connectivity index (χ4n) is 2.85. The zero-order chi connectivity index (χ0) is 20.1. The lowest BCUT2D eigenvalue weighted by molar-refractivity contribution is -0.121. The lowest BCUT2D eigenvalue weighted by Gasteiger charge is -2.16. The van der Waals surface area contributed by atoms with Crippen LogP contribution in [0.5, 0.6) is 0 Å². The highest BCUT2D eigenvalue weighted by Gasteiger charge is 2.21. The van der Waals surface area contributed by atoms with Crippen LogP contribution >= 0.6 is 0 Å². The number of nitrogens with zero attached hydrogens (tertiary/aromatic N) is 5. The number of hydrogen-bond acceptors (Lipinski definition) is 7. The topological polar surface area (TPSA) is 122 Å². The molecule has 4 rings (SSSR count). The lowest BCUT2D eigenvalue weighted by atomic mass is 10.1. The molecule has 0 spiro atoms. The van der Waals surface area contributed by atoms with Gasteiger partial charge in [-0.1, -0.05) is 35.5 Å². The Morgan fingerprint density at radius 2 is 2.03 bits per heavy atom. The van der Waals surface area contributed by atoms with Crippen LogP contribution in [0, 0.1) is 6.92 Å². The molecule has 0 aliphatic rings. The quantitative estimate of drug-likeness (QED) is 0.497. The molecular weight excluding hydrogens is 370 g/mol. The first kappa shape index (κ1) is 18.5. The van der Waals surface area contributed by atoms with Crippen LogP contribution in [-0.2, 0) is 11.2 Å². The van der Waals surface area contributed by atoms with Crippen molar-refractivity contribution in [3.8, 4) is 11.4 Å². The summed E-state index contributed by atoms with van der Waals surface area (Å²) < 4.78 is 5.25. The summed E-state index contributed by atoms with van der Waals surface area (Å²) in [5, 5.41) is 13.9. The highest BCUT2D eigenvalue weighted by molar-refractivity contribution is 5.77. The van der Waals surface area contributed by atoms with Gasteiger partial charge in [0.05, 0.1) is 0 Å². The fraction of sp³-hybridized carbons (Fsp3) is 0.200. The van der Waals surface area contributed by atoms with E-state index >= 15 is 0 Å². The first-order chi connectivity index (χ1) is 14.2. The number of aromatic nitrogens is 6. The van der Waals surface area contributed by atoms with Crippen LogP contribution in [0.1, 0.15) is 35.6 Å². The summed E-state index contributed by atoms with van der Waals surface area (Å²) in [6.07, 6.45) is 3.85. The average molecular weight is 389 g/mol. The minimum absolute atomic E-state index is 0.164. The van der Waals surface area contributed by atoms with Gasteiger partial charge in [-0.05, 0) is 24.6 Å². The molecule has 3 aromatic heterocycles. The lowest BCUT2D eigenvalue weighted by Crippen LogP contribution is -2.30. The molecule has 0 saturated heterocycles. The largest absolute Gasteiger partial charge is 0.342 e. The molecule has 4 aromatic rings. The van der Waals surface area contributed by atoms with Gasteiger partial charge >= 0.3 is 0 Å². The monoisotopic (exact) mass is 389 g/mol. The van der Waals surface area contributed by atoms with E-state index in [0.717, 1.165) is 11.1 Å². The van der Waals surface area contributed by atoms with Crippen molar-refractivity contribution in [2.24, 2.45) is 0 Å². The third kappa shape index (κ3) is 4.52. The van der Waals surface area contributed by atoms with Crippen molar-refractivity contribution in [1.29, 1.82) is 0 Å². The standard InChI is InChI=1S/C20H19N7O2/c1-13-22-20(26-25-13)18(14-6-3-2-4-7-14)23-16(28)9-10-17-24-19(27-29-17)15-8-5-11-21-12-15/h2-8,11-12,18H,9-10H2,1H3,(H,23,28)(H,22,25,26). The van der Waals surface area contributed by atoms with Crippen LogP contribution < -0.4 is 5.32 Å². The van der Waals surface area contributed by atoms with Crippen molar-refractivity contribution >= 4 is 5.91 Å². The molecule has 3 heterocycles. The van der Waals surface area contributed by atoms with Crippen LogP contribution in [0.25, 0.3) is 11.4 Å².